The van der Waals surface area contributed by atoms with Crippen LogP contribution in [0.3, 0.4) is 0 Å². The first-order valence-corrected chi connectivity index (χ1v) is 9.66. The molecule has 8 heteroatoms. The van der Waals surface area contributed by atoms with Crippen molar-refractivity contribution >= 4 is 17.2 Å². The smallest absolute Gasteiger partial charge is 0.263 e. The van der Waals surface area contributed by atoms with Gasteiger partial charge in [0.25, 0.3) is 5.91 Å². The van der Waals surface area contributed by atoms with Crippen LogP contribution in [0.25, 0.3) is 10.6 Å². The van der Waals surface area contributed by atoms with Crippen molar-refractivity contribution < 1.29 is 23.8 Å². The maximum Gasteiger partial charge on any atom is 0.263 e. The lowest BCUT2D eigenvalue weighted by Gasteiger charge is -2.12. The van der Waals surface area contributed by atoms with Gasteiger partial charge in [0, 0.05) is 12.1 Å². The van der Waals surface area contributed by atoms with Crippen LogP contribution >= 0.6 is 11.3 Å². The molecule has 0 aliphatic carbocycles. The number of thiazole rings is 1. The molecule has 2 N–H and O–H groups in total. The van der Waals surface area contributed by atoms with Crippen LogP contribution in [-0.2, 0) is 0 Å². The maximum absolute atomic E-state index is 13.3. The number of carbonyl (C=O) groups excluding carboxylic acids is 1. The molecule has 1 atom stereocenters. The second-order valence-electron chi connectivity index (χ2n) is 6.28. The molecule has 1 amide bonds. The van der Waals surface area contributed by atoms with Crippen molar-refractivity contribution in [2.24, 2.45) is 0 Å². The van der Waals surface area contributed by atoms with E-state index in [1.54, 1.807) is 39.3 Å². The van der Waals surface area contributed by atoms with E-state index in [-0.39, 0.29) is 12.5 Å². The molecule has 0 bridgehead atoms. The third-order valence-electron chi connectivity index (χ3n) is 4.32. The van der Waals surface area contributed by atoms with Crippen molar-refractivity contribution in [3.05, 3.63) is 64.4 Å². The van der Waals surface area contributed by atoms with Gasteiger partial charge < -0.3 is 19.9 Å². The van der Waals surface area contributed by atoms with Gasteiger partial charge in [-0.2, -0.15) is 0 Å². The monoisotopic (exact) mass is 416 g/mol. The average molecular weight is 416 g/mol. The highest BCUT2D eigenvalue weighted by molar-refractivity contribution is 7.17. The van der Waals surface area contributed by atoms with Crippen LogP contribution in [0.1, 0.15) is 27.0 Å². The lowest BCUT2D eigenvalue weighted by molar-refractivity contribution is 0.0919. The SMILES string of the molecule is COc1ccc(-c2nc(C)c(C(=O)NCC(O)c3cccc(F)c3)s2)cc1OC. The Balaban J connectivity index is 1.73. The Hall–Kier alpha value is -2.97. The summed E-state index contributed by atoms with van der Waals surface area (Å²) in [5, 5.41) is 13.5. The summed E-state index contributed by atoms with van der Waals surface area (Å²) in [7, 11) is 3.11. The second-order valence-corrected chi connectivity index (χ2v) is 7.28. The predicted octanol–water partition coefficient (Wildman–Crippen LogP) is 3.74. The van der Waals surface area contributed by atoms with E-state index in [9.17, 15) is 14.3 Å². The highest BCUT2D eigenvalue weighted by atomic mass is 32.1. The summed E-state index contributed by atoms with van der Waals surface area (Å²) in [6.07, 6.45) is -1.01. The van der Waals surface area contributed by atoms with Gasteiger partial charge in [0.1, 0.15) is 15.7 Å². The van der Waals surface area contributed by atoms with Gasteiger partial charge in [0.05, 0.1) is 26.0 Å². The number of methoxy groups -OCH3 is 2. The molecule has 0 aliphatic heterocycles. The van der Waals surface area contributed by atoms with Gasteiger partial charge in [0.15, 0.2) is 11.5 Å². The largest absolute Gasteiger partial charge is 0.493 e. The first-order valence-electron chi connectivity index (χ1n) is 8.84. The Labute approximate surface area is 171 Å². The fraction of sp³-hybridized carbons (Fsp3) is 0.238. The average Bonchev–Trinajstić information content (AvgIpc) is 3.12. The van der Waals surface area contributed by atoms with Gasteiger partial charge in [0.2, 0.25) is 0 Å². The number of hydrogen-bond acceptors (Lipinski definition) is 6. The van der Waals surface area contributed by atoms with Crippen LogP contribution in [0.5, 0.6) is 11.5 Å². The Bertz CT molecular complexity index is 1020. The molecule has 3 aromatic rings. The number of rotatable bonds is 7. The van der Waals surface area contributed by atoms with E-state index in [1.165, 1.54) is 29.5 Å². The molecule has 2 aromatic carbocycles. The molecule has 0 aliphatic rings. The van der Waals surface area contributed by atoms with Gasteiger partial charge in [-0.15, -0.1) is 11.3 Å². The van der Waals surface area contributed by atoms with Gasteiger partial charge in [-0.05, 0) is 42.8 Å². The molecular weight excluding hydrogens is 395 g/mol. The number of nitrogens with zero attached hydrogens (tertiary/aromatic N) is 1. The highest BCUT2D eigenvalue weighted by Gasteiger charge is 2.18. The van der Waals surface area contributed by atoms with E-state index in [0.29, 0.717) is 32.6 Å². The zero-order valence-corrected chi connectivity index (χ0v) is 17.0. The van der Waals surface area contributed by atoms with Crippen molar-refractivity contribution in [1.82, 2.24) is 10.3 Å². The number of halogens is 1. The molecule has 0 radical (unpaired) electrons. The fourth-order valence-electron chi connectivity index (χ4n) is 2.80. The van der Waals surface area contributed by atoms with Gasteiger partial charge >= 0.3 is 0 Å². The third kappa shape index (κ3) is 4.72. The summed E-state index contributed by atoms with van der Waals surface area (Å²) < 4.78 is 23.8. The number of benzene rings is 2. The predicted molar refractivity (Wildman–Crippen MR) is 109 cm³/mol. The van der Waals surface area contributed by atoms with E-state index in [4.69, 9.17) is 9.47 Å². The van der Waals surface area contributed by atoms with E-state index >= 15 is 0 Å². The Kier molecular flexibility index (Phi) is 6.46. The summed E-state index contributed by atoms with van der Waals surface area (Å²) in [5.41, 5.74) is 1.78. The molecule has 0 fully saturated rings. The third-order valence-corrected chi connectivity index (χ3v) is 5.53. The van der Waals surface area contributed by atoms with Crippen molar-refractivity contribution in [2.75, 3.05) is 20.8 Å². The summed E-state index contributed by atoms with van der Waals surface area (Å²) >= 11 is 1.24. The number of aliphatic hydroxyl groups is 1. The van der Waals surface area contributed by atoms with E-state index in [2.05, 4.69) is 10.3 Å². The van der Waals surface area contributed by atoms with Gasteiger partial charge in [-0.3, -0.25) is 4.79 Å². The van der Waals surface area contributed by atoms with Crippen molar-refractivity contribution in [1.29, 1.82) is 0 Å². The van der Waals surface area contributed by atoms with E-state index < -0.39 is 11.9 Å². The van der Waals surface area contributed by atoms with Gasteiger partial charge in [-0.1, -0.05) is 12.1 Å². The van der Waals surface area contributed by atoms with Crippen LogP contribution in [0.15, 0.2) is 42.5 Å². The normalized spacial score (nSPS) is 11.8. The van der Waals surface area contributed by atoms with Crippen molar-refractivity contribution in [2.45, 2.75) is 13.0 Å². The minimum absolute atomic E-state index is 0.0364. The Morgan fingerprint density at radius 2 is 1.97 bits per heavy atom. The van der Waals surface area contributed by atoms with Crippen LogP contribution < -0.4 is 14.8 Å². The van der Waals surface area contributed by atoms with E-state index in [1.807, 2.05) is 6.07 Å². The summed E-state index contributed by atoms with van der Waals surface area (Å²) in [6, 6.07) is 11.1. The van der Waals surface area contributed by atoms with E-state index in [0.717, 1.165) is 5.56 Å². The fourth-order valence-corrected chi connectivity index (χ4v) is 3.78. The van der Waals surface area contributed by atoms with Crippen LogP contribution in [0.2, 0.25) is 0 Å². The number of aryl methyl sites for hydroxylation is 1. The molecule has 1 unspecified atom stereocenters. The molecule has 0 saturated carbocycles. The first-order chi connectivity index (χ1) is 13.9. The number of amides is 1. The number of hydrogen-bond donors (Lipinski definition) is 2. The van der Waals surface area contributed by atoms with Crippen LogP contribution in [0.4, 0.5) is 4.39 Å². The lowest BCUT2D eigenvalue weighted by atomic mass is 10.1. The molecule has 6 nitrogen and oxygen atoms in total. The molecule has 152 valence electrons. The lowest BCUT2D eigenvalue weighted by Crippen LogP contribution is -2.28. The highest BCUT2D eigenvalue weighted by Crippen LogP contribution is 2.35. The minimum Gasteiger partial charge on any atom is -0.493 e. The number of aliphatic hydroxyl groups excluding tert-OH is 1. The first kappa shape index (κ1) is 20.8. The van der Waals surface area contributed by atoms with Crippen molar-refractivity contribution in [3.63, 3.8) is 0 Å². The molecule has 0 saturated heterocycles. The van der Waals surface area contributed by atoms with Crippen molar-refractivity contribution in [3.8, 4) is 22.1 Å². The zero-order chi connectivity index (χ0) is 21.0. The summed E-state index contributed by atoms with van der Waals surface area (Å²) in [6.45, 7) is 1.71. The molecule has 3 rings (SSSR count). The molecule has 1 heterocycles. The molecule has 29 heavy (non-hydrogen) atoms. The van der Waals surface area contributed by atoms with Crippen LogP contribution in [-0.4, -0.2) is 36.8 Å². The molecule has 1 aromatic heterocycles. The molecule has 0 spiro atoms. The number of carbonyl (C=O) groups is 1. The van der Waals surface area contributed by atoms with Gasteiger partial charge in [-0.25, -0.2) is 9.37 Å². The summed E-state index contributed by atoms with van der Waals surface area (Å²) in [5.74, 6) is 0.392. The zero-order valence-electron chi connectivity index (χ0n) is 16.2. The Morgan fingerprint density at radius 1 is 1.21 bits per heavy atom. The number of ether oxygens (including phenoxy) is 2. The number of aromatic nitrogens is 1. The Morgan fingerprint density at radius 3 is 2.66 bits per heavy atom. The number of nitrogens with one attached hydrogen (secondary N) is 1. The maximum atomic E-state index is 13.3. The molecular formula is C21H21FN2O4S. The minimum atomic E-state index is -1.01. The second kappa shape index (κ2) is 9.02. The summed E-state index contributed by atoms with van der Waals surface area (Å²) in [4.78, 5) is 17.5. The topological polar surface area (TPSA) is 80.7 Å². The quantitative estimate of drug-likeness (QED) is 0.613. The van der Waals surface area contributed by atoms with Crippen LogP contribution in [0, 0.1) is 12.7 Å². The standard InChI is InChI=1S/C21H21FN2O4S/c1-12-19(20(26)23-11-16(25)13-5-4-6-15(22)9-13)29-21(24-12)14-7-8-17(27-2)18(10-14)28-3/h4-10,16,25H,11H2,1-3H3,(H,23,26).